The molecule has 0 aromatic carbocycles. The third-order valence-corrected chi connectivity index (χ3v) is 3.62. The highest BCUT2D eigenvalue weighted by molar-refractivity contribution is 7.80. The molecule has 0 heterocycles. The van der Waals surface area contributed by atoms with Crippen LogP contribution in [-0.2, 0) is 0 Å². The van der Waals surface area contributed by atoms with Crippen LogP contribution in [0.5, 0.6) is 0 Å². The van der Waals surface area contributed by atoms with Gasteiger partial charge in [0.2, 0.25) is 0 Å². The van der Waals surface area contributed by atoms with Gasteiger partial charge in [0.25, 0.3) is 0 Å². The van der Waals surface area contributed by atoms with Crippen molar-refractivity contribution in [1.82, 2.24) is 0 Å². The lowest BCUT2D eigenvalue weighted by Crippen LogP contribution is -2.20. The fraction of sp³-hybridized carbons (Fsp3) is 1.00. The summed E-state index contributed by atoms with van der Waals surface area (Å²) in [6.07, 6.45) is 9.11. The van der Waals surface area contributed by atoms with Crippen molar-refractivity contribution in [3.05, 3.63) is 0 Å². The molecule has 0 saturated heterocycles. The Kier molecular flexibility index (Phi) is 5.88. The predicted octanol–water partition coefficient (Wildman–Crippen LogP) is 2.89. The zero-order valence-corrected chi connectivity index (χ0v) is 9.31. The van der Waals surface area contributed by atoms with Gasteiger partial charge in [0.1, 0.15) is 0 Å². The van der Waals surface area contributed by atoms with Crippen molar-refractivity contribution < 1.29 is 5.11 Å². The molecule has 2 heteroatoms. The van der Waals surface area contributed by atoms with Gasteiger partial charge in [-0.25, -0.2) is 0 Å². The molecule has 0 spiro atoms. The summed E-state index contributed by atoms with van der Waals surface area (Å²) in [6, 6.07) is 0. The van der Waals surface area contributed by atoms with E-state index in [0.717, 1.165) is 24.0 Å². The summed E-state index contributed by atoms with van der Waals surface area (Å²) in [7, 11) is 0. The summed E-state index contributed by atoms with van der Waals surface area (Å²) >= 11 is 4.25. The molecule has 1 N–H and O–H groups in total. The Balaban J connectivity index is 2.28. The third kappa shape index (κ3) is 3.90. The van der Waals surface area contributed by atoms with Gasteiger partial charge in [-0.15, -0.1) is 0 Å². The van der Waals surface area contributed by atoms with E-state index in [9.17, 15) is 0 Å². The van der Waals surface area contributed by atoms with E-state index >= 15 is 0 Å². The molecule has 2 unspecified atom stereocenters. The monoisotopic (exact) mass is 202 g/mol. The van der Waals surface area contributed by atoms with Gasteiger partial charge >= 0.3 is 0 Å². The number of hydrogen-bond acceptors (Lipinski definition) is 2. The van der Waals surface area contributed by atoms with Gasteiger partial charge in [0.05, 0.1) is 0 Å². The zero-order chi connectivity index (χ0) is 9.52. The number of aliphatic hydroxyl groups is 1. The Morgan fingerprint density at radius 1 is 1.08 bits per heavy atom. The van der Waals surface area contributed by atoms with Crippen molar-refractivity contribution in [3.63, 3.8) is 0 Å². The zero-order valence-electron chi connectivity index (χ0n) is 8.41. The van der Waals surface area contributed by atoms with Crippen LogP contribution < -0.4 is 0 Å². The van der Waals surface area contributed by atoms with Gasteiger partial charge in [-0.1, -0.05) is 25.7 Å². The second kappa shape index (κ2) is 6.72. The standard InChI is InChI=1S/C11H22OS/c12-8-7-11-5-2-1-4-10(11)6-3-9-13/h10-13H,1-9H2. The molecule has 1 nitrogen and oxygen atoms in total. The fourth-order valence-corrected chi connectivity index (χ4v) is 2.75. The molecule has 13 heavy (non-hydrogen) atoms. The summed E-state index contributed by atoms with van der Waals surface area (Å²) in [5.74, 6) is 2.70. The SMILES string of the molecule is OCCC1CCCCC1CCCS. The van der Waals surface area contributed by atoms with Crippen LogP contribution in [0.25, 0.3) is 0 Å². The Labute approximate surface area is 87.3 Å². The van der Waals surface area contributed by atoms with Gasteiger partial charge in [-0.2, -0.15) is 12.6 Å². The Hall–Kier alpha value is 0.310. The lowest BCUT2D eigenvalue weighted by atomic mass is 9.75. The van der Waals surface area contributed by atoms with Crippen LogP contribution in [0, 0.1) is 11.8 Å². The van der Waals surface area contributed by atoms with E-state index in [0.29, 0.717) is 6.61 Å². The fourth-order valence-electron chi connectivity index (χ4n) is 2.56. The second-order valence-corrected chi connectivity index (χ2v) is 4.63. The highest BCUT2D eigenvalue weighted by atomic mass is 32.1. The highest BCUT2D eigenvalue weighted by Gasteiger charge is 2.23. The molecular weight excluding hydrogens is 180 g/mol. The Morgan fingerprint density at radius 2 is 1.69 bits per heavy atom. The average molecular weight is 202 g/mol. The van der Waals surface area contributed by atoms with Crippen molar-refractivity contribution in [3.8, 4) is 0 Å². The molecule has 2 atom stereocenters. The largest absolute Gasteiger partial charge is 0.396 e. The molecule has 0 amide bonds. The Morgan fingerprint density at radius 3 is 2.23 bits per heavy atom. The number of rotatable bonds is 5. The molecule has 0 aliphatic heterocycles. The van der Waals surface area contributed by atoms with E-state index in [-0.39, 0.29) is 0 Å². The molecule has 0 aromatic rings. The lowest BCUT2D eigenvalue weighted by molar-refractivity contribution is 0.168. The topological polar surface area (TPSA) is 20.2 Å². The molecular formula is C11H22OS. The molecule has 0 bridgehead atoms. The van der Waals surface area contributed by atoms with Gasteiger partial charge < -0.3 is 5.11 Å². The molecule has 1 saturated carbocycles. The van der Waals surface area contributed by atoms with Crippen molar-refractivity contribution in [2.24, 2.45) is 11.8 Å². The van der Waals surface area contributed by atoms with E-state index in [4.69, 9.17) is 5.11 Å². The van der Waals surface area contributed by atoms with Crippen LogP contribution in [0.4, 0.5) is 0 Å². The first-order valence-corrected chi connectivity index (χ1v) is 6.23. The van der Waals surface area contributed by atoms with Crippen molar-refractivity contribution >= 4 is 12.6 Å². The first-order valence-electron chi connectivity index (χ1n) is 5.60. The number of hydrogen-bond donors (Lipinski definition) is 2. The highest BCUT2D eigenvalue weighted by Crippen LogP contribution is 2.35. The van der Waals surface area contributed by atoms with Crippen molar-refractivity contribution in [2.75, 3.05) is 12.4 Å². The van der Waals surface area contributed by atoms with Gasteiger partial charge in [-0.05, 0) is 36.9 Å². The van der Waals surface area contributed by atoms with Crippen LogP contribution in [-0.4, -0.2) is 17.5 Å². The lowest BCUT2D eigenvalue weighted by Gasteiger charge is -2.31. The summed E-state index contributed by atoms with van der Waals surface area (Å²) in [6.45, 7) is 0.377. The Bertz CT molecular complexity index is 125. The van der Waals surface area contributed by atoms with E-state index in [1.165, 1.54) is 38.5 Å². The van der Waals surface area contributed by atoms with E-state index in [2.05, 4.69) is 12.6 Å². The number of aliphatic hydroxyl groups excluding tert-OH is 1. The smallest absolute Gasteiger partial charge is 0.0433 e. The molecule has 0 aromatic heterocycles. The van der Waals surface area contributed by atoms with Crippen LogP contribution in [0.2, 0.25) is 0 Å². The molecule has 1 aliphatic rings. The first-order chi connectivity index (χ1) is 6.38. The molecule has 1 fully saturated rings. The van der Waals surface area contributed by atoms with Crippen molar-refractivity contribution in [2.45, 2.75) is 44.9 Å². The quantitative estimate of drug-likeness (QED) is 0.657. The van der Waals surface area contributed by atoms with Crippen LogP contribution in [0.1, 0.15) is 44.9 Å². The summed E-state index contributed by atoms with van der Waals surface area (Å²) in [5.41, 5.74) is 0. The molecule has 0 radical (unpaired) electrons. The van der Waals surface area contributed by atoms with E-state index in [1.807, 2.05) is 0 Å². The second-order valence-electron chi connectivity index (χ2n) is 4.18. The van der Waals surface area contributed by atoms with Gasteiger partial charge in [-0.3, -0.25) is 0 Å². The van der Waals surface area contributed by atoms with Gasteiger partial charge in [0, 0.05) is 6.61 Å². The maximum absolute atomic E-state index is 8.95. The molecule has 1 rings (SSSR count). The van der Waals surface area contributed by atoms with Crippen LogP contribution >= 0.6 is 12.6 Å². The third-order valence-electron chi connectivity index (χ3n) is 3.30. The average Bonchev–Trinajstić information content (AvgIpc) is 2.17. The maximum Gasteiger partial charge on any atom is 0.0433 e. The first kappa shape index (κ1) is 11.4. The van der Waals surface area contributed by atoms with E-state index in [1.54, 1.807) is 0 Å². The maximum atomic E-state index is 8.95. The minimum absolute atomic E-state index is 0.377. The summed E-state index contributed by atoms with van der Waals surface area (Å²) < 4.78 is 0. The number of thiol groups is 1. The molecule has 1 aliphatic carbocycles. The van der Waals surface area contributed by atoms with Crippen LogP contribution in [0.3, 0.4) is 0 Å². The summed E-state index contributed by atoms with van der Waals surface area (Å²) in [4.78, 5) is 0. The predicted molar refractivity (Wildman–Crippen MR) is 60.2 cm³/mol. The van der Waals surface area contributed by atoms with Crippen LogP contribution in [0.15, 0.2) is 0 Å². The normalized spacial score (nSPS) is 29.1. The molecule has 78 valence electrons. The minimum Gasteiger partial charge on any atom is -0.396 e. The minimum atomic E-state index is 0.377. The van der Waals surface area contributed by atoms with Crippen molar-refractivity contribution in [1.29, 1.82) is 0 Å². The van der Waals surface area contributed by atoms with Gasteiger partial charge in [0.15, 0.2) is 0 Å². The van der Waals surface area contributed by atoms with E-state index < -0.39 is 0 Å². The summed E-state index contributed by atoms with van der Waals surface area (Å²) in [5, 5.41) is 8.95.